The van der Waals surface area contributed by atoms with E-state index in [-0.39, 0.29) is 5.56 Å². The Bertz CT molecular complexity index is 1040. The van der Waals surface area contributed by atoms with Gasteiger partial charge in [-0.05, 0) is 18.6 Å². The molecule has 0 atom stereocenters. The predicted molar refractivity (Wildman–Crippen MR) is 122 cm³/mol. The zero-order valence-electron chi connectivity index (χ0n) is 17.6. The number of rotatable bonds is 6. The fourth-order valence-electron chi connectivity index (χ4n) is 4.00. The zero-order valence-corrected chi connectivity index (χ0v) is 17.6. The first-order chi connectivity index (χ1) is 14.7. The molecule has 4 rings (SSSR count). The van der Waals surface area contributed by atoms with Crippen LogP contribution >= 0.6 is 0 Å². The first-order valence-electron chi connectivity index (χ1n) is 10.5. The molecule has 1 aliphatic rings. The van der Waals surface area contributed by atoms with Crippen molar-refractivity contribution in [1.82, 2.24) is 9.97 Å². The highest BCUT2D eigenvalue weighted by Crippen LogP contribution is 2.29. The van der Waals surface area contributed by atoms with Crippen LogP contribution in [0, 0.1) is 0 Å². The Balaban J connectivity index is 1.59. The minimum Gasteiger partial charge on any atom is -0.495 e. The molecule has 0 bridgehead atoms. The zero-order chi connectivity index (χ0) is 20.9. The van der Waals surface area contributed by atoms with Crippen LogP contribution in [0.4, 0.5) is 11.6 Å². The van der Waals surface area contributed by atoms with Gasteiger partial charge < -0.3 is 14.5 Å². The summed E-state index contributed by atoms with van der Waals surface area (Å²) in [5, 5.41) is 0. The van der Waals surface area contributed by atoms with Crippen molar-refractivity contribution in [2.24, 2.45) is 0 Å². The average Bonchev–Trinajstić information content (AvgIpc) is 2.81. The number of hydrogen-bond acceptors (Lipinski definition) is 5. The molecule has 0 saturated carbocycles. The van der Waals surface area contributed by atoms with Crippen molar-refractivity contribution in [3.63, 3.8) is 0 Å². The van der Waals surface area contributed by atoms with E-state index in [2.05, 4.69) is 27.8 Å². The first kappa shape index (κ1) is 20.0. The maximum absolute atomic E-state index is 12.9. The van der Waals surface area contributed by atoms with E-state index < -0.39 is 0 Å². The summed E-state index contributed by atoms with van der Waals surface area (Å²) < 4.78 is 5.51. The number of ether oxygens (including phenoxy) is 1. The van der Waals surface area contributed by atoms with E-state index in [1.165, 1.54) is 0 Å². The molecule has 3 aromatic rings. The second-order valence-electron chi connectivity index (χ2n) is 7.48. The number of anilines is 2. The number of nitrogens with one attached hydrogen (secondary N) is 1. The monoisotopic (exact) mass is 404 g/mol. The van der Waals surface area contributed by atoms with Crippen LogP contribution in [-0.2, 0) is 6.42 Å². The van der Waals surface area contributed by atoms with Crippen LogP contribution in [0.5, 0.6) is 5.75 Å². The topological polar surface area (TPSA) is 61.5 Å². The van der Waals surface area contributed by atoms with Gasteiger partial charge in [0.05, 0.1) is 18.5 Å². The van der Waals surface area contributed by atoms with Gasteiger partial charge in [0.1, 0.15) is 5.75 Å². The van der Waals surface area contributed by atoms with Crippen molar-refractivity contribution in [3.05, 3.63) is 70.5 Å². The number of benzene rings is 2. The smallest absolute Gasteiger partial charge is 0.256 e. The molecule has 6 nitrogen and oxygen atoms in total. The Morgan fingerprint density at radius 1 is 0.967 bits per heavy atom. The Morgan fingerprint density at radius 2 is 1.63 bits per heavy atom. The van der Waals surface area contributed by atoms with Gasteiger partial charge in [0.2, 0.25) is 5.95 Å². The molecule has 0 spiro atoms. The van der Waals surface area contributed by atoms with Crippen molar-refractivity contribution in [1.29, 1.82) is 0 Å². The molecular weight excluding hydrogens is 376 g/mol. The number of aromatic amines is 1. The second-order valence-corrected chi connectivity index (χ2v) is 7.48. The molecule has 1 saturated heterocycles. The van der Waals surface area contributed by atoms with Gasteiger partial charge in [-0.1, -0.05) is 55.8 Å². The summed E-state index contributed by atoms with van der Waals surface area (Å²) in [6.45, 7) is 5.31. The molecule has 0 amide bonds. The molecular formula is C24H28N4O2. The number of aromatic nitrogens is 2. The van der Waals surface area contributed by atoms with E-state index >= 15 is 0 Å². The lowest BCUT2D eigenvalue weighted by Crippen LogP contribution is -2.47. The molecule has 2 heterocycles. The highest BCUT2D eigenvalue weighted by atomic mass is 16.5. The number of methoxy groups -OCH3 is 1. The molecule has 2 aromatic carbocycles. The molecule has 0 aliphatic carbocycles. The quantitative estimate of drug-likeness (QED) is 0.678. The maximum Gasteiger partial charge on any atom is 0.256 e. The lowest BCUT2D eigenvalue weighted by atomic mass is 10.0. The van der Waals surface area contributed by atoms with Crippen LogP contribution in [0.15, 0.2) is 59.4 Å². The standard InChI is InChI=1S/C24H28N4O2/c1-3-9-19-22(18-10-5-4-6-11-18)25-24(26-23(19)29)28-16-14-27(15-17-28)20-12-7-8-13-21(20)30-2/h4-8,10-13H,3,9,14-17H2,1-2H3,(H,25,26,29). The van der Waals surface area contributed by atoms with Gasteiger partial charge in [-0.3, -0.25) is 9.78 Å². The van der Waals surface area contributed by atoms with E-state index in [1.807, 2.05) is 48.5 Å². The SMILES string of the molecule is CCCc1c(-c2ccccc2)nc(N2CCN(c3ccccc3OC)CC2)[nH]c1=O. The van der Waals surface area contributed by atoms with Crippen molar-refractivity contribution in [2.75, 3.05) is 43.1 Å². The van der Waals surface area contributed by atoms with Gasteiger partial charge >= 0.3 is 0 Å². The van der Waals surface area contributed by atoms with Crippen molar-refractivity contribution >= 4 is 11.6 Å². The average molecular weight is 405 g/mol. The van der Waals surface area contributed by atoms with E-state index in [4.69, 9.17) is 9.72 Å². The molecule has 30 heavy (non-hydrogen) atoms. The van der Waals surface area contributed by atoms with Gasteiger partial charge in [-0.2, -0.15) is 0 Å². The maximum atomic E-state index is 12.9. The van der Waals surface area contributed by atoms with Crippen LogP contribution < -0.4 is 20.1 Å². The van der Waals surface area contributed by atoms with Crippen LogP contribution in [0.3, 0.4) is 0 Å². The molecule has 1 aliphatic heterocycles. The van der Waals surface area contributed by atoms with Crippen LogP contribution in [-0.4, -0.2) is 43.3 Å². The van der Waals surface area contributed by atoms with Gasteiger partial charge in [-0.25, -0.2) is 4.98 Å². The summed E-state index contributed by atoms with van der Waals surface area (Å²) in [4.78, 5) is 25.3. The Hall–Kier alpha value is -3.28. The Morgan fingerprint density at radius 3 is 2.33 bits per heavy atom. The van der Waals surface area contributed by atoms with Gasteiger partial charge in [0, 0.05) is 37.3 Å². The van der Waals surface area contributed by atoms with Crippen molar-refractivity contribution < 1.29 is 4.74 Å². The third-order valence-electron chi connectivity index (χ3n) is 5.56. The second kappa shape index (κ2) is 9.03. The third kappa shape index (κ3) is 4.03. The number of para-hydroxylation sites is 2. The number of nitrogens with zero attached hydrogens (tertiary/aromatic N) is 3. The fourth-order valence-corrected chi connectivity index (χ4v) is 4.00. The fraction of sp³-hybridized carbons (Fsp3) is 0.333. The number of piperazine rings is 1. The Kier molecular flexibility index (Phi) is 6.02. The largest absolute Gasteiger partial charge is 0.495 e. The third-order valence-corrected chi connectivity index (χ3v) is 5.56. The molecule has 0 radical (unpaired) electrons. The Labute approximate surface area is 177 Å². The van der Waals surface area contributed by atoms with Gasteiger partial charge in [0.25, 0.3) is 5.56 Å². The highest BCUT2D eigenvalue weighted by molar-refractivity contribution is 5.64. The van der Waals surface area contributed by atoms with Gasteiger partial charge in [0.15, 0.2) is 0 Å². The summed E-state index contributed by atoms with van der Waals surface area (Å²) in [5.74, 6) is 1.53. The van der Waals surface area contributed by atoms with Crippen molar-refractivity contribution in [3.8, 4) is 17.0 Å². The predicted octanol–water partition coefficient (Wildman–Crippen LogP) is 3.72. The minimum atomic E-state index is -0.0344. The summed E-state index contributed by atoms with van der Waals surface area (Å²) in [6, 6.07) is 18.1. The number of H-pyrrole nitrogens is 1. The normalized spacial score (nSPS) is 14.1. The van der Waals surface area contributed by atoms with Crippen molar-refractivity contribution in [2.45, 2.75) is 19.8 Å². The number of hydrogen-bond donors (Lipinski definition) is 1. The van der Waals surface area contributed by atoms with E-state index in [0.29, 0.717) is 12.4 Å². The highest BCUT2D eigenvalue weighted by Gasteiger charge is 2.22. The lowest BCUT2D eigenvalue weighted by molar-refractivity contribution is 0.413. The summed E-state index contributed by atoms with van der Waals surface area (Å²) in [6.07, 6.45) is 1.62. The summed E-state index contributed by atoms with van der Waals surface area (Å²) >= 11 is 0. The van der Waals surface area contributed by atoms with Crippen LogP contribution in [0.1, 0.15) is 18.9 Å². The molecule has 0 unspecified atom stereocenters. The lowest BCUT2D eigenvalue weighted by Gasteiger charge is -2.37. The minimum absolute atomic E-state index is 0.0344. The summed E-state index contributed by atoms with van der Waals surface area (Å²) in [7, 11) is 1.70. The molecule has 1 N–H and O–H groups in total. The molecule has 6 heteroatoms. The van der Waals surface area contributed by atoms with Crippen LogP contribution in [0.25, 0.3) is 11.3 Å². The molecule has 156 valence electrons. The first-order valence-corrected chi connectivity index (χ1v) is 10.5. The molecule has 1 fully saturated rings. The van der Waals surface area contributed by atoms with E-state index in [9.17, 15) is 4.79 Å². The van der Waals surface area contributed by atoms with E-state index in [1.54, 1.807) is 7.11 Å². The van der Waals surface area contributed by atoms with Gasteiger partial charge in [-0.15, -0.1) is 0 Å². The summed E-state index contributed by atoms with van der Waals surface area (Å²) in [5.41, 5.74) is 3.61. The molecule has 1 aromatic heterocycles. The van der Waals surface area contributed by atoms with E-state index in [0.717, 1.165) is 60.9 Å². The van der Waals surface area contributed by atoms with Crippen LogP contribution in [0.2, 0.25) is 0 Å².